The molecule has 0 bridgehead atoms. The Balaban J connectivity index is 1.87. The zero-order valence-electron chi connectivity index (χ0n) is 11.4. The number of halogens is 1. The van der Waals surface area contributed by atoms with Crippen LogP contribution in [0.2, 0.25) is 0 Å². The van der Waals surface area contributed by atoms with Crippen LogP contribution >= 0.6 is 0 Å². The highest BCUT2D eigenvalue weighted by Crippen LogP contribution is 2.18. The monoisotopic (exact) mass is 286 g/mol. The molecule has 0 amide bonds. The Bertz CT molecular complexity index is 629. The average molecular weight is 286 g/mol. The van der Waals surface area contributed by atoms with Crippen LogP contribution in [0.5, 0.6) is 11.5 Å². The highest BCUT2D eigenvalue weighted by Gasteiger charge is 2.04. The molecule has 0 spiro atoms. The van der Waals surface area contributed by atoms with E-state index in [-0.39, 0.29) is 19.0 Å². The molecule has 0 aliphatic heterocycles. The van der Waals surface area contributed by atoms with Gasteiger partial charge in [-0.15, -0.1) is 0 Å². The van der Waals surface area contributed by atoms with Gasteiger partial charge in [-0.25, -0.2) is 4.39 Å². The molecule has 0 atom stereocenters. The van der Waals surface area contributed by atoms with Crippen molar-refractivity contribution in [1.29, 1.82) is 0 Å². The average Bonchev–Trinajstić information content (AvgIpc) is 2.53. The number of aliphatic hydroxyl groups is 1. The van der Waals surface area contributed by atoms with Crippen molar-refractivity contribution in [2.24, 2.45) is 0 Å². The van der Waals surface area contributed by atoms with Crippen LogP contribution in [0.1, 0.15) is 5.56 Å². The van der Waals surface area contributed by atoms with Crippen LogP contribution < -0.4 is 9.47 Å². The van der Waals surface area contributed by atoms with E-state index in [1.807, 2.05) is 30.3 Å². The van der Waals surface area contributed by atoms with Crippen molar-refractivity contribution in [2.75, 3.05) is 19.8 Å². The molecule has 0 saturated heterocycles. The molecular weight excluding hydrogens is 271 g/mol. The van der Waals surface area contributed by atoms with Crippen LogP contribution in [0.4, 0.5) is 4.39 Å². The second-order valence-corrected chi connectivity index (χ2v) is 4.12. The summed E-state index contributed by atoms with van der Waals surface area (Å²) in [6.45, 7) is 0.303. The molecule has 108 valence electrons. The van der Waals surface area contributed by atoms with E-state index < -0.39 is 5.82 Å². The first kappa shape index (κ1) is 14.9. The van der Waals surface area contributed by atoms with E-state index in [2.05, 4.69) is 11.8 Å². The van der Waals surface area contributed by atoms with Crippen molar-refractivity contribution >= 4 is 0 Å². The lowest BCUT2D eigenvalue weighted by Crippen LogP contribution is -2.09. The largest absolute Gasteiger partial charge is 0.490 e. The Morgan fingerprint density at radius 1 is 1.00 bits per heavy atom. The number of aliphatic hydroxyl groups excluding tert-OH is 1. The topological polar surface area (TPSA) is 38.7 Å². The third kappa shape index (κ3) is 4.83. The maximum atomic E-state index is 13.6. The summed E-state index contributed by atoms with van der Waals surface area (Å²) in [4.78, 5) is 0. The van der Waals surface area contributed by atoms with Crippen molar-refractivity contribution in [3.05, 3.63) is 59.9 Å². The number of hydrogen-bond acceptors (Lipinski definition) is 3. The maximum absolute atomic E-state index is 13.6. The first-order chi connectivity index (χ1) is 10.3. The molecule has 4 heteroatoms. The van der Waals surface area contributed by atoms with Crippen molar-refractivity contribution < 1.29 is 19.0 Å². The van der Waals surface area contributed by atoms with Gasteiger partial charge >= 0.3 is 0 Å². The van der Waals surface area contributed by atoms with E-state index in [0.717, 1.165) is 5.75 Å². The van der Waals surface area contributed by atoms with Gasteiger partial charge in [0.1, 0.15) is 25.6 Å². The summed E-state index contributed by atoms with van der Waals surface area (Å²) in [7, 11) is 0. The van der Waals surface area contributed by atoms with Gasteiger partial charge in [-0.3, -0.25) is 0 Å². The molecule has 0 aliphatic rings. The summed E-state index contributed by atoms with van der Waals surface area (Å²) in [5.74, 6) is 5.61. The fourth-order valence-corrected chi connectivity index (χ4v) is 1.66. The zero-order valence-corrected chi connectivity index (χ0v) is 11.4. The molecule has 0 radical (unpaired) electrons. The minimum Gasteiger partial charge on any atom is -0.490 e. The second kappa shape index (κ2) is 7.93. The molecule has 0 fully saturated rings. The molecule has 21 heavy (non-hydrogen) atoms. The molecular formula is C17H15FO3. The van der Waals surface area contributed by atoms with Gasteiger partial charge in [-0.05, 0) is 30.3 Å². The summed E-state index contributed by atoms with van der Waals surface area (Å²) in [5.41, 5.74) is 0.587. The van der Waals surface area contributed by atoms with Gasteiger partial charge in [-0.1, -0.05) is 30.0 Å². The fourth-order valence-electron chi connectivity index (χ4n) is 1.66. The van der Waals surface area contributed by atoms with Gasteiger partial charge in [0.2, 0.25) is 0 Å². The Morgan fingerprint density at radius 3 is 2.52 bits per heavy atom. The molecule has 2 aromatic carbocycles. The lowest BCUT2D eigenvalue weighted by Gasteiger charge is -2.09. The van der Waals surface area contributed by atoms with Gasteiger partial charge in [0.25, 0.3) is 0 Å². The van der Waals surface area contributed by atoms with E-state index in [9.17, 15) is 4.39 Å². The van der Waals surface area contributed by atoms with Gasteiger partial charge in [-0.2, -0.15) is 0 Å². The maximum Gasteiger partial charge on any atom is 0.165 e. The van der Waals surface area contributed by atoms with Gasteiger partial charge < -0.3 is 14.6 Å². The lowest BCUT2D eigenvalue weighted by atomic mass is 10.2. The van der Waals surface area contributed by atoms with Gasteiger partial charge in [0.15, 0.2) is 11.6 Å². The number of benzene rings is 2. The number of rotatable bonds is 5. The predicted molar refractivity (Wildman–Crippen MR) is 77.8 cm³/mol. The SMILES string of the molecule is OCC#Cc1ccc(F)c(OCCOc2ccccc2)c1. The second-order valence-electron chi connectivity index (χ2n) is 4.12. The Kier molecular flexibility index (Phi) is 5.62. The van der Waals surface area contributed by atoms with E-state index in [1.54, 1.807) is 0 Å². The van der Waals surface area contributed by atoms with Crippen LogP contribution in [-0.4, -0.2) is 24.9 Å². The summed E-state index contributed by atoms with van der Waals surface area (Å²) >= 11 is 0. The molecule has 0 unspecified atom stereocenters. The first-order valence-electron chi connectivity index (χ1n) is 6.49. The smallest absolute Gasteiger partial charge is 0.165 e. The third-order valence-electron chi connectivity index (χ3n) is 2.60. The number of para-hydroxylation sites is 1. The lowest BCUT2D eigenvalue weighted by molar-refractivity contribution is 0.211. The van der Waals surface area contributed by atoms with Crippen molar-refractivity contribution in [3.8, 4) is 23.3 Å². The minimum absolute atomic E-state index is 0.122. The highest BCUT2D eigenvalue weighted by atomic mass is 19.1. The van der Waals surface area contributed by atoms with Crippen LogP contribution in [0, 0.1) is 17.7 Å². The number of hydrogen-bond donors (Lipinski definition) is 1. The van der Waals surface area contributed by atoms with Gasteiger partial charge in [0.05, 0.1) is 0 Å². The minimum atomic E-state index is -0.454. The highest BCUT2D eigenvalue weighted by molar-refractivity contribution is 5.40. The van der Waals surface area contributed by atoms with Crippen molar-refractivity contribution in [1.82, 2.24) is 0 Å². The Labute approximate surface area is 122 Å². The summed E-state index contributed by atoms with van der Waals surface area (Å²) < 4.78 is 24.4. The quantitative estimate of drug-likeness (QED) is 0.678. The molecule has 2 aromatic rings. The van der Waals surface area contributed by atoms with Crippen molar-refractivity contribution in [3.63, 3.8) is 0 Å². The fraction of sp³-hybridized carbons (Fsp3) is 0.176. The summed E-state index contributed by atoms with van der Waals surface area (Å²) in [6.07, 6.45) is 0. The standard InChI is InChI=1S/C17H15FO3/c18-16-9-8-14(5-4-10-19)13-17(16)21-12-11-20-15-6-2-1-3-7-15/h1-3,6-9,13,19H,10-12H2. The summed E-state index contributed by atoms with van der Waals surface area (Å²) in [6, 6.07) is 13.6. The normalized spacial score (nSPS) is 9.62. The third-order valence-corrected chi connectivity index (χ3v) is 2.60. The molecule has 0 aromatic heterocycles. The van der Waals surface area contributed by atoms with E-state index in [0.29, 0.717) is 12.2 Å². The van der Waals surface area contributed by atoms with Crippen LogP contribution in [-0.2, 0) is 0 Å². The molecule has 1 N–H and O–H groups in total. The number of ether oxygens (including phenoxy) is 2. The predicted octanol–water partition coefficient (Wildman–Crippen LogP) is 2.63. The molecule has 0 aliphatic carbocycles. The van der Waals surface area contributed by atoms with Crippen LogP contribution in [0.25, 0.3) is 0 Å². The van der Waals surface area contributed by atoms with Crippen molar-refractivity contribution in [2.45, 2.75) is 0 Å². The van der Waals surface area contributed by atoms with Crippen LogP contribution in [0.3, 0.4) is 0 Å². The zero-order chi connectivity index (χ0) is 14.9. The molecule has 0 saturated carbocycles. The van der Waals surface area contributed by atoms with Crippen LogP contribution in [0.15, 0.2) is 48.5 Å². The van der Waals surface area contributed by atoms with E-state index in [4.69, 9.17) is 14.6 Å². The van der Waals surface area contributed by atoms with E-state index in [1.165, 1.54) is 18.2 Å². The first-order valence-corrected chi connectivity index (χ1v) is 6.49. The van der Waals surface area contributed by atoms with Gasteiger partial charge in [0, 0.05) is 5.56 Å². The Hall–Kier alpha value is -2.51. The molecule has 2 rings (SSSR count). The molecule has 3 nitrogen and oxygen atoms in total. The van der Waals surface area contributed by atoms with E-state index >= 15 is 0 Å². The summed E-state index contributed by atoms with van der Waals surface area (Å²) in [5, 5.41) is 8.64. The Morgan fingerprint density at radius 2 is 1.76 bits per heavy atom. The molecule has 0 heterocycles.